The van der Waals surface area contributed by atoms with Gasteiger partial charge in [0.25, 0.3) is 0 Å². The zero-order chi connectivity index (χ0) is 19.9. The van der Waals surface area contributed by atoms with E-state index in [-0.39, 0.29) is 22.1 Å². The van der Waals surface area contributed by atoms with Crippen LogP contribution in [0.1, 0.15) is 25.3 Å². The molecule has 0 N–H and O–H groups in total. The number of fused-ring (bicyclic) bond motifs is 2. The molecule has 2 heterocycles. The molecule has 0 amide bonds. The summed E-state index contributed by atoms with van der Waals surface area (Å²) >= 11 is 0. The van der Waals surface area contributed by atoms with E-state index >= 15 is 0 Å². The van der Waals surface area contributed by atoms with Crippen molar-refractivity contribution in [3.8, 4) is 17.2 Å². The van der Waals surface area contributed by atoms with Crippen molar-refractivity contribution in [3.05, 3.63) is 58.4 Å². The summed E-state index contributed by atoms with van der Waals surface area (Å²) in [6.45, 7) is 4.69. The minimum Gasteiger partial charge on any atom is -0.486 e. The molecule has 0 radical (unpaired) electrons. The van der Waals surface area contributed by atoms with Gasteiger partial charge in [-0.05, 0) is 35.7 Å². The summed E-state index contributed by atoms with van der Waals surface area (Å²) in [5.74, 6) is 0.993. The van der Waals surface area contributed by atoms with Gasteiger partial charge >= 0.3 is 15.7 Å². The third-order valence-electron chi connectivity index (χ3n) is 4.38. The number of benzene rings is 2. The lowest BCUT2D eigenvalue weighted by molar-refractivity contribution is 0.171. The lowest BCUT2D eigenvalue weighted by Crippen LogP contribution is -2.16. The first-order valence-electron chi connectivity index (χ1n) is 8.75. The van der Waals surface area contributed by atoms with Crippen molar-refractivity contribution < 1.29 is 26.5 Å². The summed E-state index contributed by atoms with van der Waals surface area (Å²) in [6, 6.07) is 10.3. The Hall–Kier alpha value is -3.00. The van der Waals surface area contributed by atoms with E-state index in [1.807, 2.05) is 13.8 Å². The molecule has 0 fully saturated rings. The molecule has 0 spiro atoms. The largest absolute Gasteiger partial charge is 0.486 e. The molecule has 0 aliphatic carbocycles. The van der Waals surface area contributed by atoms with Gasteiger partial charge in [0.05, 0.1) is 0 Å². The van der Waals surface area contributed by atoms with Gasteiger partial charge in [0, 0.05) is 23.6 Å². The van der Waals surface area contributed by atoms with Crippen molar-refractivity contribution in [2.45, 2.75) is 24.7 Å². The standard InChI is InChI=1S/C20H18O7S/c1-12(2)16-11-20(21)26-18-9-13(3-5-15(16)18)27-28(22,23)14-4-6-17-19(10-14)25-8-7-24-17/h3-6,9-12H,7-8H2,1-2H3. The SMILES string of the molecule is CC(C)c1cc(=O)oc2cc(OS(=O)(=O)c3ccc4c(c3)OCCO4)ccc12. The maximum Gasteiger partial charge on any atom is 0.339 e. The van der Waals surface area contributed by atoms with Gasteiger partial charge in [0.2, 0.25) is 0 Å². The highest BCUT2D eigenvalue weighted by Gasteiger charge is 2.22. The van der Waals surface area contributed by atoms with Crippen LogP contribution in [-0.2, 0) is 10.1 Å². The highest BCUT2D eigenvalue weighted by molar-refractivity contribution is 7.87. The predicted molar refractivity (Wildman–Crippen MR) is 102 cm³/mol. The van der Waals surface area contributed by atoms with Crippen LogP contribution in [0.5, 0.6) is 17.2 Å². The van der Waals surface area contributed by atoms with Gasteiger partial charge in [-0.25, -0.2) is 4.79 Å². The molecule has 1 aliphatic rings. The smallest absolute Gasteiger partial charge is 0.339 e. The van der Waals surface area contributed by atoms with Crippen LogP contribution in [0.15, 0.2) is 56.6 Å². The number of hydrogen-bond donors (Lipinski definition) is 0. The van der Waals surface area contributed by atoms with E-state index in [1.54, 1.807) is 6.07 Å². The highest BCUT2D eigenvalue weighted by Crippen LogP contribution is 2.33. The fraction of sp³-hybridized carbons (Fsp3) is 0.250. The van der Waals surface area contributed by atoms with Crippen molar-refractivity contribution in [2.24, 2.45) is 0 Å². The molecule has 2 aromatic carbocycles. The Morgan fingerprint density at radius 1 is 0.964 bits per heavy atom. The molecule has 0 saturated heterocycles. The van der Waals surface area contributed by atoms with Crippen molar-refractivity contribution in [1.29, 1.82) is 0 Å². The van der Waals surface area contributed by atoms with E-state index in [0.29, 0.717) is 24.7 Å². The van der Waals surface area contributed by atoms with Gasteiger partial charge in [-0.1, -0.05) is 13.8 Å². The zero-order valence-electron chi connectivity index (χ0n) is 15.3. The molecule has 7 nitrogen and oxygen atoms in total. The van der Waals surface area contributed by atoms with E-state index in [2.05, 4.69) is 0 Å². The monoisotopic (exact) mass is 402 g/mol. The third-order valence-corrected chi connectivity index (χ3v) is 5.62. The third kappa shape index (κ3) is 3.43. The fourth-order valence-corrected chi connectivity index (χ4v) is 3.99. The molecule has 0 atom stereocenters. The minimum atomic E-state index is -4.11. The van der Waals surface area contributed by atoms with Crippen molar-refractivity contribution in [1.82, 2.24) is 0 Å². The molecule has 146 valence electrons. The maximum atomic E-state index is 12.7. The summed E-state index contributed by atoms with van der Waals surface area (Å²) in [7, 11) is -4.11. The van der Waals surface area contributed by atoms with Crippen LogP contribution >= 0.6 is 0 Å². The Morgan fingerprint density at radius 3 is 2.46 bits per heavy atom. The van der Waals surface area contributed by atoms with Gasteiger partial charge in [0.1, 0.15) is 29.4 Å². The molecule has 0 unspecified atom stereocenters. The second kappa shape index (κ2) is 6.87. The van der Waals surface area contributed by atoms with Crippen LogP contribution in [0, 0.1) is 0 Å². The lowest BCUT2D eigenvalue weighted by atomic mass is 10.00. The van der Waals surface area contributed by atoms with Gasteiger partial charge < -0.3 is 18.1 Å². The number of ether oxygens (including phenoxy) is 2. The van der Waals surface area contributed by atoms with Gasteiger partial charge in [0.15, 0.2) is 11.5 Å². The summed E-state index contributed by atoms with van der Waals surface area (Å²) < 4.78 is 46.6. The van der Waals surface area contributed by atoms with Crippen LogP contribution in [0.4, 0.5) is 0 Å². The topological polar surface area (TPSA) is 92.0 Å². The molecule has 1 aromatic heterocycles. The Morgan fingerprint density at radius 2 is 1.71 bits per heavy atom. The van der Waals surface area contributed by atoms with Crippen LogP contribution in [-0.4, -0.2) is 21.6 Å². The summed E-state index contributed by atoms with van der Waals surface area (Å²) in [5.41, 5.74) is 0.599. The molecule has 8 heteroatoms. The van der Waals surface area contributed by atoms with E-state index in [4.69, 9.17) is 18.1 Å². The molecular weight excluding hydrogens is 384 g/mol. The maximum absolute atomic E-state index is 12.7. The Kier molecular flexibility index (Phi) is 4.50. The Labute approximate surface area is 161 Å². The average molecular weight is 402 g/mol. The Bertz CT molecular complexity index is 1210. The second-order valence-corrected chi connectivity index (χ2v) is 8.22. The van der Waals surface area contributed by atoms with Gasteiger partial charge in [-0.15, -0.1) is 0 Å². The minimum absolute atomic E-state index is 0.0476. The van der Waals surface area contributed by atoms with E-state index in [9.17, 15) is 13.2 Å². The van der Waals surface area contributed by atoms with Crippen LogP contribution in [0.3, 0.4) is 0 Å². The van der Waals surface area contributed by atoms with E-state index in [0.717, 1.165) is 10.9 Å². The molecule has 1 aliphatic heterocycles. The van der Waals surface area contributed by atoms with Crippen LogP contribution < -0.4 is 19.3 Å². The predicted octanol–water partition coefficient (Wildman–Crippen LogP) is 3.46. The first-order chi connectivity index (χ1) is 13.3. The van der Waals surface area contributed by atoms with Gasteiger partial charge in [-0.2, -0.15) is 8.42 Å². The molecule has 28 heavy (non-hydrogen) atoms. The van der Waals surface area contributed by atoms with Crippen molar-refractivity contribution in [2.75, 3.05) is 13.2 Å². The van der Waals surface area contributed by atoms with Crippen LogP contribution in [0.25, 0.3) is 11.0 Å². The molecule has 0 bridgehead atoms. The Balaban J connectivity index is 1.70. The molecular formula is C20H18O7S. The van der Waals surface area contributed by atoms with Crippen molar-refractivity contribution in [3.63, 3.8) is 0 Å². The quantitative estimate of drug-likeness (QED) is 0.487. The first kappa shape index (κ1) is 18.4. The lowest BCUT2D eigenvalue weighted by Gasteiger charge is -2.18. The number of rotatable bonds is 4. The van der Waals surface area contributed by atoms with E-state index in [1.165, 1.54) is 36.4 Å². The zero-order valence-corrected chi connectivity index (χ0v) is 16.1. The fourth-order valence-electron chi connectivity index (χ4n) is 3.05. The average Bonchev–Trinajstić information content (AvgIpc) is 2.66. The van der Waals surface area contributed by atoms with Gasteiger partial charge in [-0.3, -0.25) is 0 Å². The molecule has 4 rings (SSSR count). The molecule has 0 saturated carbocycles. The van der Waals surface area contributed by atoms with Crippen LogP contribution in [0.2, 0.25) is 0 Å². The summed E-state index contributed by atoms with van der Waals surface area (Å²) in [6.07, 6.45) is 0. The highest BCUT2D eigenvalue weighted by atomic mass is 32.2. The first-order valence-corrected chi connectivity index (χ1v) is 10.2. The van der Waals surface area contributed by atoms with Crippen molar-refractivity contribution >= 4 is 21.1 Å². The normalized spacial score (nSPS) is 13.7. The second-order valence-electron chi connectivity index (χ2n) is 6.68. The molecule has 3 aromatic rings. The summed E-state index contributed by atoms with van der Waals surface area (Å²) in [4.78, 5) is 11.8. The number of hydrogen-bond acceptors (Lipinski definition) is 7. The van der Waals surface area contributed by atoms with E-state index < -0.39 is 15.7 Å². The summed E-state index contributed by atoms with van der Waals surface area (Å²) in [5, 5.41) is 0.735.